The Hall–Kier alpha value is -2.69. The predicted octanol–water partition coefficient (Wildman–Crippen LogP) is 2.97. The molecule has 0 heterocycles. The molecule has 0 aliphatic rings. The molecule has 0 aliphatic heterocycles. The zero-order valence-electron chi connectivity index (χ0n) is 12.2. The van der Waals surface area contributed by atoms with Crippen molar-refractivity contribution in [3.63, 3.8) is 0 Å². The van der Waals surface area contributed by atoms with Gasteiger partial charge in [-0.15, -0.1) is 0 Å². The second-order valence-corrected chi connectivity index (χ2v) is 5.00. The van der Waals surface area contributed by atoms with Crippen molar-refractivity contribution in [3.05, 3.63) is 66.0 Å². The van der Waals surface area contributed by atoms with Crippen LogP contribution in [0.15, 0.2) is 54.6 Å². The number of halogens is 1. The zero-order chi connectivity index (χ0) is 15.9. The van der Waals surface area contributed by atoms with Gasteiger partial charge in [-0.2, -0.15) is 0 Å². The van der Waals surface area contributed by atoms with E-state index in [1.54, 1.807) is 31.2 Å². The van der Waals surface area contributed by atoms with Crippen LogP contribution in [0.25, 0.3) is 0 Å². The number of rotatable bonds is 5. The number of anilines is 1. The molecule has 0 radical (unpaired) electrons. The quantitative estimate of drug-likeness (QED) is 0.892. The largest absolute Gasteiger partial charge is 0.349 e. The first-order valence-corrected chi connectivity index (χ1v) is 6.96. The summed E-state index contributed by atoms with van der Waals surface area (Å²) in [7, 11) is 0. The Morgan fingerprint density at radius 1 is 1.05 bits per heavy atom. The van der Waals surface area contributed by atoms with Crippen molar-refractivity contribution < 1.29 is 14.0 Å². The van der Waals surface area contributed by atoms with Gasteiger partial charge in [-0.3, -0.25) is 9.59 Å². The molecule has 22 heavy (non-hydrogen) atoms. The summed E-state index contributed by atoms with van der Waals surface area (Å²) in [6.45, 7) is 1.76. The van der Waals surface area contributed by atoms with Crippen LogP contribution in [0.1, 0.15) is 23.7 Å². The number of benzene rings is 2. The number of hydrogen-bond acceptors (Lipinski definition) is 2. The predicted molar refractivity (Wildman–Crippen MR) is 83.0 cm³/mol. The number of hydrogen-bond donors (Lipinski definition) is 2. The Morgan fingerprint density at radius 3 is 2.32 bits per heavy atom. The topological polar surface area (TPSA) is 58.2 Å². The van der Waals surface area contributed by atoms with E-state index >= 15 is 0 Å². The number of amides is 2. The van der Waals surface area contributed by atoms with Crippen molar-refractivity contribution in [1.82, 2.24) is 5.32 Å². The Bertz CT molecular complexity index is 641. The van der Waals surface area contributed by atoms with Gasteiger partial charge in [0.15, 0.2) is 0 Å². The van der Waals surface area contributed by atoms with E-state index in [-0.39, 0.29) is 30.1 Å². The zero-order valence-corrected chi connectivity index (χ0v) is 12.2. The van der Waals surface area contributed by atoms with E-state index in [1.807, 2.05) is 6.07 Å². The van der Waals surface area contributed by atoms with Crippen LogP contribution in [0.3, 0.4) is 0 Å². The fraction of sp³-hybridized carbons (Fsp3) is 0.176. The van der Waals surface area contributed by atoms with Crippen LogP contribution in [0.2, 0.25) is 0 Å². The van der Waals surface area contributed by atoms with Crippen molar-refractivity contribution in [3.8, 4) is 0 Å². The summed E-state index contributed by atoms with van der Waals surface area (Å²) in [6, 6.07) is 14.0. The van der Waals surface area contributed by atoms with Gasteiger partial charge in [0.25, 0.3) is 5.91 Å². The number of carbonyl (C=O) groups is 2. The highest BCUT2D eigenvalue weighted by Gasteiger charge is 2.13. The maximum absolute atomic E-state index is 12.8. The molecule has 0 fully saturated rings. The molecule has 0 aliphatic carbocycles. The van der Waals surface area contributed by atoms with Crippen LogP contribution in [-0.2, 0) is 4.79 Å². The summed E-state index contributed by atoms with van der Waals surface area (Å²) in [4.78, 5) is 23.8. The van der Waals surface area contributed by atoms with E-state index in [0.717, 1.165) is 0 Å². The molecule has 0 saturated carbocycles. The molecule has 114 valence electrons. The van der Waals surface area contributed by atoms with E-state index in [9.17, 15) is 14.0 Å². The van der Waals surface area contributed by atoms with Gasteiger partial charge in [-0.1, -0.05) is 18.2 Å². The van der Waals surface area contributed by atoms with Crippen LogP contribution in [-0.4, -0.2) is 17.9 Å². The second kappa shape index (κ2) is 7.36. The molecule has 0 saturated heterocycles. The minimum Gasteiger partial charge on any atom is -0.349 e. The van der Waals surface area contributed by atoms with Crippen LogP contribution >= 0.6 is 0 Å². The lowest BCUT2D eigenvalue weighted by Gasteiger charge is -2.14. The van der Waals surface area contributed by atoms with Crippen molar-refractivity contribution in [2.75, 3.05) is 5.32 Å². The van der Waals surface area contributed by atoms with E-state index in [1.165, 1.54) is 24.3 Å². The molecular formula is C17H17FN2O2. The summed E-state index contributed by atoms with van der Waals surface area (Å²) in [5.41, 5.74) is 1.07. The molecule has 2 amide bonds. The SMILES string of the molecule is CC(CC(=O)Nc1ccc(F)cc1)NC(=O)c1ccccc1. The van der Waals surface area contributed by atoms with E-state index in [2.05, 4.69) is 10.6 Å². The molecule has 0 bridgehead atoms. The Morgan fingerprint density at radius 2 is 1.68 bits per heavy atom. The molecule has 0 aromatic heterocycles. The Labute approximate surface area is 128 Å². The van der Waals surface area contributed by atoms with Gasteiger partial charge >= 0.3 is 0 Å². The van der Waals surface area contributed by atoms with Crippen LogP contribution in [0, 0.1) is 5.82 Å². The first-order valence-electron chi connectivity index (χ1n) is 6.96. The average molecular weight is 300 g/mol. The maximum atomic E-state index is 12.8. The van der Waals surface area contributed by atoms with Crippen molar-refractivity contribution in [2.24, 2.45) is 0 Å². The lowest BCUT2D eigenvalue weighted by atomic mass is 10.1. The van der Waals surface area contributed by atoms with Crippen LogP contribution in [0.5, 0.6) is 0 Å². The van der Waals surface area contributed by atoms with Crippen LogP contribution in [0.4, 0.5) is 10.1 Å². The Kier molecular flexibility index (Phi) is 5.25. The molecule has 4 nitrogen and oxygen atoms in total. The fourth-order valence-electron chi connectivity index (χ4n) is 1.97. The second-order valence-electron chi connectivity index (χ2n) is 5.00. The van der Waals surface area contributed by atoms with E-state index < -0.39 is 0 Å². The highest BCUT2D eigenvalue weighted by Crippen LogP contribution is 2.09. The third-order valence-electron chi connectivity index (χ3n) is 3.03. The first kappa shape index (κ1) is 15.7. The summed E-state index contributed by atoms with van der Waals surface area (Å²) < 4.78 is 12.8. The van der Waals surface area contributed by atoms with Crippen molar-refractivity contribution in [1.29, 1.82) is 0 Å². The standard InChI is InChI=1S/C17H17FN2O2/c1-12(19-17(22)13-5-3-2-4-6-13)11-16(21)20-15-9-7-14(18)8-10-15/h2-10,12H,11H2,1H3,(H,19,22)(H,20,21). The molecule has 2 aromatic carbocycles. The molecule has 2 rings (SSSR count). The van der Waals surface area contributed by atoms with Gasteiger partial charge in [-0.05, 0) is 43.3 Å². The van der Waals surface area contributed by atoms with Crippen LogP contribution < -0.4 is 10.6 Å². The van der Waals surface area contributed by atoms with Crippen molar-refractivity contribution >= 4 is 17.5 Å². The number of carbonyl (C=O) groups excluding carboxylic acids is 2. The first-order chi connectivity index (χ1) is 10.5. The fourth-order valence-corrected chi connectivity index (χ4v) is 1.97. The summed E-state index contributed by atoms with van der Waals surface area (Å²) in [5, 5.41) is 5.42. The lowest BCUT2D eigenvalue weighted by Crippen LogP contribution is -2.35. The molecule has 5 heteroatoms. The monoisotopic (exact) mass is 300 g/mol. The minimum absolute atomic E-state index is 0.135. The van der Waals surface area contributed by atoms with Gasteiger partial charge in [-0.25, -0.2) is 4.39 Å². The molecule has 1 atom stereocenters. The third-order valence-corrected chi connectivity index (χ3v) is 3.03. The molecule has 0 spiro atoms. The highest BCUT2D eigenvalue weighted by molar-refractivity contribution is 5.95. The van der Waals surface area contributed by atoms with E-state index in [0.29, 0.717) is 11.3 Å². The van der Waals surface area contributed by atoms with Gasteiger partial charge in [0.2, 0.25) is 5.91 Å². The van der Waals surface area contributed by atoms with E-state index in [4.69, 9.17) is 0 Å². The summed E-state index contributed by atoms with van der Waals surface area (Å²) >= 11 is 0. The molecule has 2 aromatic rings. The summed E-state index contributed by atoms with van der Waals surface area (Å²) in [6.07, 6.45) is 0.135. The molecule has 1 unspecified atom stereocenters. The van der Waals surface area contributed by atoms with Gasteiger partial charge < -0.3 is 10.6 Å². The lowest BCUT2D eigenvalue weighted by molar-refractivity contribution is -0.116. The smallest absolute Gasteiger partial charge is 0.251 e. The maximum Gasteiger partial charge on any atom is 0.251 e. The van der Waals surface area contributed by atoms with Gasteiger partial charge in [0.1, 0.15) is 5.82 Å². The normalized spacial score (nSPS) is 11.5. The summed E-state index contributed by atoms with van der Waals surface area (Å²) in [5.74, 6) is -0.823. The van der Waals surface area contributed by atoms with Crippen molar-refractivity contribution in [2.45, 2.75) is 19.4 Å². The number of nitrogens with one attached hydrogen (secondary N) is 2. The van der Waals surface area contributed by atoms with Gasteiger partial charge in [0, 0.05) is 23.7 Å². The Balaban J connectivity index is 1.83. The minimum atomic E-state index is -0.360. The highest BCUT2D eigenvalue weighted by atomic mass is 19.1. The molecular weight excluding hydrogens is 283 g/mol. The third kappa shape index (κ3) is 4.70. The average Bonchev–Trinajstić information content (AvgIpc) is 2.50. The molecule has 2 N–H and O–H groups in total. The van der Waals surface area contributed by atoms with Gasteiger partial charge in [0.05, 0.1) is 0 Å².